The summed E-state index contributed by atoms with van der Waals surface area (Å²) in [5.74, 6) is 0. The van der Waals surface area contributed by atoms with Gasteiger partial charge >= 0.3 is 6.18 Å². The number of anilines is 1. The van der Waals surface area contributed by atoms with Crippen LogP contribution < -0.4 is 4.31 Å². The highest BCUT2D eigenvalue weighted by molar-refractivity contribution is 7.92. The predicted octanol–water partition coefficient (Wildman–Crippen LogP) is 5.04. The van der Waals surface area contributed by atoms with Crippen LogP contribution >= 0.6 is 0 Å². The van der Waals surface area contributed by atoms with Gasteiger partial charge in [-0.05, 0) is 48.4 Å². The summed E-state index contributed by atoms with van der Waals surface area (Å²) in [6, 6.07) is 10.5. The van der Waals surface area contributed by atoms with Gasteiger partial charge in [0.05, 0.1) is 22.7 Å². The monoisotopic (exact) mass is 383 g/mol. The van der Waals surface area contributed by atoms with Gasteiger partial charge in [-0.2, -0.15) is 13.2 Å². The first-order valence-electron chi connectivity index (χ1n) is 8.10. The average molecular weight is 383 g/mol. The van der Waals surface area contributed by atoms with Crippen LogP contribution in [-0.2, 0) is 22.6 Å². The van der Waals surface area contributed by atoms with Crippen molar-refractivity contribution in [3.05, 3.63) is 72.3 Å². The van der Waals surface area contributed by atoms with Crippen LogP contribution in [0.3, 0.4) is 0 Å². The van der Waals surface area contributed by atoms with Gasteiger partial charge in [0.15, 0.2) is 0 Å². The second kappa shape index (κ2) is 7.95. The molecule has 140 valence electrons. The molecule has 0 bridgehead atoms. The SMILES string of the molecule is C=CCN(c1ccc(CCC)cc1)S(=O)(=O)c1ccc(C(F)(F)F)cc1. The fourth-order valence-corrected chi connectivity index (χ4v) is 3.96. The van der Waals surface area contributed by atoms with Gasteiger partial charge in [-0.1, -0.05) is 31.6 Å². The Morgan fingerprint density at radius 3 is 2.08 bits per heavy atom. The molecule has 0 atom stereocenters. The molecule has 0 saturated carbocycles. The molecule has 0 radical (unpaired) electrons. The molecule has 0 amide bonds. The van der Waals surface area contributed by atoms with E-state index in [1.807, 2.05) is 19.1 Å². The zero-order chi connectivity index (χ0) is 19.4. The topological polar surface area (TPSA) is 37.4 Å². The molecule has 0 unspecified atom stereocenters. The number of hydrogen-bond acceptors (Lipinski definition) is 2. The minimum Gasteiger partial charge on any atom is -0.263 e. The van der Waals surface area contributed by atoms with Crippen molar-refractivity contribution >= 4 is 15.7 Å². The number of nitrogens with zero attached hydrogens (tertiary/aromatic N) is 1. The summed E-state index contributed by atoms with van der Waals surface area (Å²) in [5.41, 5.74) is 0.627. The zero-order valence-corrected chi connectivity index (χ0v) is 15.1. The van der Waals surface area contributed by atoms with Crippen LogP contribution in [0, 0.1) is 0 Å². The Balaban J connectivity index is 2.39. The van der Waals surface area contributed by atoms with E-state index in [2.05, 4.69) is 6.58 Å². The molecular formula is C19H20F3NO2S. The maximum absolute atomic E-state index is 12.9. The van der Waals surface area contributed by atoms with Crippen LogP contribution in [0.25, 0.3) is 0 Å². The van der Waals surface area contributed by atoms with Gasteiger partial charge in [0.25, 0.3) is 10.0 Å². The highest BCUT2D eigenvalue weighted by Crippen LogP contribution is 2.31. The van der Waals surface area contributed by atoms with Crippen LogP contribution in [-0.4, -0.2) is 15.0 Å². The maximum Gasteiger partial charge on any atom is 0.416 e. The van der Waals surface area contributed by atoms with Gasteiger partial charge in [0.2, 0.25) is 0 Å². The van der Waals surface area contributed by atoms with E-state index in [-0.39, 0.29) is 11.4 Å². The summed E-state index contributed by atoms with van der Waals surface area (Å²) in [6.07, 6.45) is -1.23. The Morgan fingerprint density at radius 1 is 1.04 bits per heavy atom. The van der Waals surface area contributed by atoms with Crippen molar-refractivity contribution in [3.63, 3.8) is 0 Å². The molecule has 26 heavy (non-hydrogen) atoms. The zero-order valence-electron chi connectivity index (χ0n) is 14.3. The van der Waals surface area contributed by atoms with Gasteiger partial charge in [0, 0.05) is 0 Å². The normalized spacial score (nSPS) is 12.0. The minimum absolute atomic E-state index is 0.0104. The van der Waals surface area contributed by atoms with Crippen molar-refractivity contribution < 1.29 is 21.6 Å². The van der Waals surface area contributed by atoms with E-state index < -0.39 is 21.8 Å². The van der Waals surface area contributed by atoms with E-state index in [1.165, 1.54) is 6.08 Å². The lowest BCUT2D eigenvalue weighted by Gasteiger charge is -2.23. The van der Waals surface area contributed by atoms with Crippen molar-refractivity contribution in [3.8, 4) is 0 Å². The summed E-state index contributed by atoms with van der Waals surface area (Å²) in [5, 5.41) is 0. The van der Waals surface area contributed by atoms with Gasteiger partial charge in [0.1, 0.15) is 0 Å². The van der Waals surface area contributed by atoms with E-state index in [9.17, 15) is 21.6 Å². The quantitative estimate of drug-likeness (QED) is 0.628. The molecule has 0 aromatic heterocycles. The van der Waals surface area contributed by atoms with Gasteiger partial charge < -0.3 is 0 Å². The third-order valence-corrected chi connectivity index (χ3v) is 5.64. The number of halogens is 3. The summed E-state index contributed by atoms with van der Waals surface area (Å²) in [4.78, 5) is -0.204. The smallest absolute Gasteiger partial charge is 0.263 e. The minimum atomic E-state index is -4.52. The molecule has 0 fully saturated rings. The van der Waals surface area contributed by atoms with Crippen LogP contribution in [0.4, 0.5) is 18.9 Å². The van der Waals surface area contributed by atoms with E-state index in [0.29, 0.717) is 5.69 Å². The second-order valence-electron chi connectivity index (χ2n) is 5.76. The largest absolute Gasteiger partial charge is 0.416 e. The predicted molar refractivity (Wildman–Crippen MR) is 96.6 cm³/mol. The van der Waals surface area contributed by atoms with Crippen molar-refractivity contribution in [1.82, 2.24) is 0 Å². The van der Waals surface area contributed by atoms with Gasteiger partial charge in [-0.15, -0.1) is 6.58 Å². The van der Waals surface area contributed by atoms with Crippen molar-refractivity contribution in [2.24, 2.45) is 0 Å². The van der Waals surface area contributed by atoms with Gasteiger partial charge in [-0.25, -0.2) is 8.42 Å². The molecule has 2 aromatic carbocycles. The first kappa shape index (κ1) is 20.0. The highest BCUT2D eigenvalue weighted by atomic mass is 32.2. The van der Waals surface area contributed by atoms with Crippen LogP contribution in [0.5, 0.6) is 0 Å². The van der Waals surface area contributed by atoms with Crippen LogP contribution in [0.15, 0.2) is 66.1 Å². The number of alkyl halides is 3. The molecule has 3 nitrogen and oxygen atoms in total. The number of rotatable bonds is 7. The molecule has 7 heteroatoms. The Morgan fingerprint density at radius 2 is 1.62 bits per heavy atom. The number of sulfonamides is 1. The molecule has 2 aromatic rings. The molecular weight excluding hydrogens is 363 g/mol. The molecule has 0 aliphatic rings. The third-order valence-electron chi connectivity index (χ3n) is 3.83. The average Bonchev–Trinajstić information content (AvgIpc) is 2.60. The number of aryl methyl sites for hydroxylation is 1. The van der Waals surface area contributed by atoms with Gasteiger partial charge in [-0.3, -0.25) is 4.31 Å². The third kappa shape index (κ3) is 4.46. The molecule has 0 spiro atoms. The standard InChI is InChI=1S/C19H20F3NO2S/c1-3-5-15-6-10-17(11-7-15)23(14-4-2)26(24,25)18-12-8-16(9-13-18)19(20,21)22/h4,6-13H,2-3,5,14H2,1H3. The Hall–Kier alpha value is -2.28. The Labute approximate surface area is 151 Å². The first-order chi connectivity index (χ1) is 12.2. The Kier molecular flexibility index (Phi) is 6.13. The summed E-state index contributed by atoms with van der Waals surface area (Å²) in [7, 11) is -4.01. The lowest BCUT2D eigenvalue weighted by molar-refractivity contribution is -0.137. The fourth-order valence-electron chi connectivity index (χ4n) is 2.52. The fraction of sp³-hybridized carbons (Fsp3) is 0.263. The van der Waals surface area contributed by atoms with Crippen molar-refractivity contribution in [1.29, 1.82) is 0 Å². The van der Waals surface area contributed by atoms with Crippen LogP contribution in [0.2, 0.25) is 0 Å². The molecule has 0 aliphatic carbocycles. The number of hydrogen-bond donors (Lipinski definition) is 0. The maximum atomic E-state index is 12.9. The van der Waals surface area contributed by atoms with Crippen LogP contribution in [0.1, 0.15) is 24.5 Å². The van der Waals surface area contributed by atoms with Crippen molar-refractivity contribution in [2.45, 2.75) is 30.8 Å². The summed E-state index contributed by atoms with van der Waals surface area (Å²) < 4.78 is 65.0. The Bertz CT molecular complexity index is 842. The molecule has 0 heterocycles. The molecule has 0 aliphatic heterocycles. The summed E-state index contributed by atoms with van der Waals surface area (Å²) in [6.45, 7) is 5.63. The van der Waals surface area contributed by atoms with E-state index >= 15 is 0 Å². The molecule has 2 rings (SSSR count). The number of benzene rings is 2. The van der Waals surface area contributed by atoms with E-state index in [0.717, 1.165) is 47.0 Å². The van der Waals surface area contributed by atoms with E-state index in [4.69, 9.17) is 0 Å². The highest BCUT2D eigenvalue weighted by Gasteiger charge is 2.31. The lowest BCUT2D eigenvalue weighted by Crippen LogP contribution is -2.31. The molecule has 0 saturated heterocycles. The second-order valence-corrected chi connectivity index (χ2v) is 7.63. The summed E-state index contributed by atoms with van der Waals surface area (Å²) >= 11 is 0. The van der Waals surface area contributed by atoms with Crippen molar-refractivity contribution in [2.75, 3.05) is 10.8 Å². The van der Waals surface area contributed by atoms with E-state index in [1.54, 1.807) is 12.1 Å². The first-order valence-corrected chi connectivity index (χ1v) is 9.54. The molecule has 0 N–H and O–H groups in total. The lowest BCUT2D eigenvalue weighted by atomic mass is 10.1.